The molecular formula is C34H37Cl2N7O4. The van der Waals surface area contributed by atoms with E-state index < -0.39 is 0 Å². The molecule has 0 spiro atoms. The molecule has 2 fully saturated rings. The van der Waals surface area contributed by atoms with Gasteiger partial charge in [-0.2, -0.15) is 0 Å². The first-order valence-electron chi connectivity index (χ1n) is 15.5. The fraction of sp³-hybridized carbons (Fsp3) is 0.382. The van der Waals surface area contributed by atoms with Gasteiger partial charge in [-0.05, 0) is 12.8 Å². The van der Waals surface area contributed by atoms with Crippen LogP contribution in [0, 0.1) is 0 Å². The van der Waals surface area contributed by atoms with Crippen molar-refractivity contribution >= 4 is 29.1 Å². The van der Waals surface area contributed by atoms with Gasteiger partial charge in [0.25, 0.3) is 0 Å². The standard InChI is InChI=1S/C34H37Cl2N7O4/c1-45-21-12-13-43(18-21)19-29-34(47-3)42-27(17-39-29)25-9-5-7-23(32(25)36)22-6-4-8-24(31(22)35)26-16-38-28(33(41-26)46-2)15-37-14-20-10-11-30(44)40-20/h4-9,16-17,20-21,37H,10-15,18-19H2,1-3H3,(H,40,44)/t20-,21-/m0/s1. The Labute approximate surface area is 284 Å². The number of rotatable bonds is 12. The maximum absolute atomic E-state index is 11.5. The van der Waals surface area contributed by atoms with E-state index in [-0.39, 0.29) is 18.1 Å². The highest BCUT2D eigenvalue weighted by atomic mass is 35.5. The van der Waals surface area contributed by atoms with Gasteiger partial charge in [-0.3, -0.25) is 19.7 Å². The van der Waals surface area contributed by atoms with Gasteiger partial charge in [0.15, 0.2) is 0 Å². The van der Waals surface area contributed by atoms with Gasteiger partial charge in [-0.1, -0.05) is 59.6 Å². The van der Waals surface area contributed by atoms with Gasteiger partial charge in [-0.25, -0.2) is 9.97 Å². The average Bonchev–Trinajstić information content (AvgIpc) is 3.73. The normalized spacial score (nSPS) is 18.0. The number of likely N-dealkylation sites (tertiary alicyclic amines) is 1. The van der Waals surface area contributed by atoms with Crippen molar-refractivity contribution in [1.29, 1.82) is 0 Å². The van der Waals surface area contributed by atoms with Crippen molar-refractivity contribution in [1.82, 2.24) is 35.5 Å². The summed E-state index contributed by atoms with van der Waals surface area (Å²) in [5, 5.41) is 7.25. The molecule has 1 amide bonds. The van der Waals surface area contributed by atoms with Gasteiger partial charge in [0.05, 0.1) is 54.2 Å². The number of methoxy groups -OCH3 is 3. The van der Waals surface area contributed by atoms with Crippen LogP contribution in [0.5, 0.6) is 11.8 Å². The van der Waals surface area contributed by atoms with Crippen molar-refractivity contribution in [2.24, 2.45) is 0 Å². The predicted molar refractivity (Wildman–Crippen MR) is 181 cm³/mol. The lowest BCUT2D eigenvalue weighted by Gasteiger charge is -2.17. The van der Waals surface area contributed by atoms with Gasteiger partial charge in [0.1, 0.15) is 11.4 Å². The van der Waals surface area contributed by atoms with Gasteiger partial charge in [-0.15, -0.1) is 0 Å². The smallest absolute Gasteiger partial charge is 0.237 e. The molecule has 0 bridgehead atoms. The van der Waals surface area contributed by atoms with Crippen LogP contribution < -0.4 is 20.1 Å². The predicted octanol–water partition coefficient (Wildman–Crippen LogP) is 5.18. The summed E-state index contributed by atoms with van der Waals surface area (Å²) in [5.74, 6) is 0.940. The Morgan fingerprint density at radius 3 is 2.02 bits per heavy atom. The largest absolute Gasteiger partial charge is 0.480 e. The van der Waals surface area contributed by atoms with Crippen molar-refractivity contribution in [3.63, 3.8) is 0 Å². The van der Waals surface area contributed by atoms with E-state index >= 15 is 0 Å². The molecule has 2 saturated heterocycles. The number of amides is 1. The molecule has 2 aliphatic heterocycles. The molecule has 2 atom stereocenters. The molecule has 13 heteroatoms. The maximum Gasteiger partial charge on any atom is 0.237 e. The Morgan fingerprint density at radius 2 is 1.47 bits per heavy atom. The van der Waals surface area contributed by atoms with Crippen molar-refractivity contribution in [3.05, 3.63) is 70.2 Å². The Kier molecular flexibility index (Phi) is 10.5. The van der Waals surface area contributed by atoms with Gasteiger partial charge in [0.2, 0.25) is 17.7 Å². The van der Waals surface area contributed by atoms with E-state index in [4.69, 9.17) is 52.4 Å². The molecule has 0 radical (unpaired) electrons. The third-order valence-corrected chi connectivity index (χ3v) is 9.37. The summed E-state index contributed by atoms with van der Waals surface area (Å²) in [7, 11) is 4.90. The lowest BCUT2D eigenvalue weighted by molar-refractivity contribution is -0.119. The molecule has 6 rings (SSSR count). The number of ether oxygens (including phenoxy) is 3. The monoisotopic (exact) mass is 677 g/mol. The summed E-state index contributed by atoms with van der Waals surface area (Å²) < 4.78 is 16.7. The minimum absolute atomic E-state index is 0.0862. The highest BCUT2D eigenvalue weighted by molar-refractivity contribution is 6.39. The molecule has 0 aliphatic carbocycles. The lowest BCUT2D eigenvalue weighted by Crippen LogP contribution is -2.35. The van der Waals surface area contributed by atoms with Crippen molar-refractivity contribution in [2.45, 2.75) is 44.5 Å². The SMILES string of the molecule is COc1nc(-c2cccc(-c3cccc(-c4cnc(CN5CC[C@H](OC)C5)c(OC)n4)c3Cl)c2Cl)cnc1CNC[C@@H]1CCC(=O)N1. The molecule has 11 nitrogen and oxygen atoms in total. The molecule has 0 saturated carbocycles. The Hall–Kier alpha value is -3.87. The molecule has 2 N–H and O–H groups in total. The van der Waals surface area contributed by atoms with Crippen LogP contribution in [0.1, 0.15) is 30.7 Å². The molecule has 2 aliphatic rings. The van der Waals surface area contributed by atoms with E-state index in [2.05, 4.69) is 20.5 Å². The van der Waals surface area contributed by atoms with E-state index in [1.165, 1.54) is 0 Å². The van der Waals surface area contributed by atoms with E-state index in [1.807, 2.05) is 36.4 Å². The van der Waals surface area contributed by atoms with Gasteiger partial charge < -0.3 is 24.8 Å². The zero-order chi connectivity index (χ0) is 32.9. The van der Waals surface area contributed by atoms with Crippen LogP contribution in [0.3, 0.4) is 0 Å². The fourth-order valence-corrected chi connectivity index (χ4v) is 6.68. The number of carbonyl (C=O) groups is 1. The number of hydrogen-bond acceptors (Lipinski definition) is 10. The minimum atomic E-state index is 0.0862. The molecule has 47 heavy (non-hydrogen) atoms. The first-order chi connectivity index (χ1) is 22.9. The van der Waals surface area contributed by atoms with E-state index in [9.17, 15) is 4.79 Å². The third-order valence-electron chi connectivity index (χ3n) is 8.55. The minimum Gasteiger partial charge on any atom is -0.480 e. The third kappa shape index (κ3) is 7.34. The Balaban J connectivity index is 1.23. The summed E-state index contributed by atoms with van der Waals surface area (Å²) in [6, 6.07) is 11.6. The van der Waals surface area contributed by atoms with E-state index in [1.54, 1.807) is 33.7 Å². The van der Waals surface area contributed by atoms with Crippen LogP contribution in [-0.4, -0.2) is 83.9 Å². The summed E-state index contributed by atoms with van der Waals surface area (Å²) in [6.45, 7) is 3.49. The molecule has 4 aromatic rings. The number of carbonyl (C=O) groups excluding carboxylic acids is 1. The maximum atomic E-state index is 11.5. The quantitative estimate of drug-likeness (QED) is 0.207. The number of benzene rings is 2. The van der Waals surface area contributed by atoms with Crippen LogP contribution in [-0.2, 0) is 22.6 Å². The van der Waals surface area contributed by atoms with E-state index in [0.29, 0.717) is 76.1 Å². The number of halogens is 2. The summed E-state index contributed by atoms with van der Waals surface area (Å²) >= 11 is 14.1. The van der Waals surface area contributed by atoms with Crippen LogP contribution in [0.25, 0.3) is 33.6 Å². The number of hydrogen-bond donors (Lipinski definition) is 2. The molecule has 2 aromatic heterocycles. The molecule has 246 valence electrons. The highest BCUT2D eigenvalue weighted by Gasteiger charge is 2.25. The Bertz CT molecular complexity index is 1760. The van der Waals surface area contributed by atoms with Crippen molar-refractivity contribution in [3.8, 4) is 45.4 Å². The second-order valence-corrected chi connectivity index (χ2v) is 12.3. The van der Waals surface area contributed by atoms with Crippen LogP contribution in [0.4, 0.5) is 0 Å². The molecular weight excluding hydrogens is 641 g/mol. The molecule has 0 unspecified atom stereocenters. The van der Waals surface area contributed by atoms with Crippen LogP contribution in [0.2, 0.25) is 10.0 Å². The topological polar surface area (TPSA) is 124 Å². The lowest BCUT2D eigenvalue weighted by atomic mass is 9.98. The van der Waals surface area contributed by atoms with Crippen molar-refractivity contribution < 1.29 is 19.0 Å². The zero-order valence-electron chi connectivity index (χ0n) is 26.6. The second-order valence-electron chi connectivity index (χ2n) is 11.6. The fourth-order valence-electron chi connectivity index (χ4n) is 6.03. The summed E-state index contributed by atoms with van der Waals surface area (Å²) in [6.07, 6.45) is 6.01. The number of aromatic nitrogens is 4. The first kappa shape index (κ1) is 33.0. The molecule has 2 aromatic carbocycles. The second kappa shape index (κ2) is 14.9. The summed E-state index contributed by atoms with van der Waals surface area (Å²) in [5.41, 5.74) is 5.45. The van der Waals surface area contributed by atoms with Crippen LogP contribution in [0.15, 0.2) is 48.8 Å². The molecule has 4 heterocycles. The first-order valence-corrected chi connectivity index (χ1v) is 16.3. The van der Waals surface area contributed by atoms with E-state index in [0.717, 1.165) is 42.8 Å². The number of nitrogens with zero attached hydrogens (tertiary/aromatic N) is 5. The highest BCUT2D eigenvalue weighted by Crippen LogP contribution is 2.42. The van der Waals surface area contributed by atoms with Crippen molar-refractivity contribution in [2.75, 3.05) is 41.0 Å². The average molecular weight is 679 g/mol. The number of nitrogens with one attached hydrogen (secondary N) is 2. The van der Waals surface area contributed by atoms with Crippen LogP contribution >= 0.6 is 23.2 Å². The Morgan fingerprint density at radius 1 is 0.872 bits per heavy atom. The summed E-state index contributed by atoms with van der Waals surface area (Å²) in [4.78, 5) is 32.6. The zero-order valence-corrected chi connectivity index (χ0v) is 28.1. The van der Waals surface area contributed by atoms with Gasteiger partial charge in [0, 0.05) is 74.6 Å². The van der Waals surface area contributed by atoms with Gasteiger partial charge >= 0.3 is 0 Å².